The number of methoxy groups -OCH3 is 2. The molecule has 126 valence electrons. The molecule has 0 radical (unpaired) electrons. The molecule has 1 N–H and O–H groups in total. The highest BCUT2D eigenvalue weighted by atomic mass is 16.5. The minimum Gasteiger partial charge on any atom is -0.502 e. The second-order valence-electron chi connectivity index (χ2n) is 4.64. The summed E-state index contributed by atoms with van der Waals surface area (Å²) in [5.41, 5.74) is 0.0360. The third kappa shape index (κ3) is 4.39. The predicted molar refractivity (Wildman–Crippen MR) is 85.0 cm³/mol. The van der Waals surface area contributed by atoms with Gasteiger partial charge in [0.15, 0.2) is 5.75 Å². The normalized spacial score (nSPS) is 10.6. The van der Waals surface area contributed by atoms with Crippen LogP contribution < -0.4 is 14.9 Å². The van der Waals surface area contributed by atoms with Gasteiger partial charge in [0, 0.05) is 17.7 Å². The Labute approximate surface area is 137 Å². The van der Waals surface area contributed by atoms with Gasteiger partial charge in [-0.15, -0.1) is 0 Å². The highest BCUT2D eigenvalue weighted by molar-refractivity contribution is 5.87. The lowest BCUT2D eigenvalue weighted by atomic mass is 10.1. The Morgan fingerprint density at radius 1 is 1.25 bits per heavy atom. The Morgan fingerprint density at radius 2 is 2.04 bits per heavy atom. The number of ether oxygens (including phenoxy) is 3. The molecule has 0 bridgehead atoms. The Kier molecular flexibility index (Phi) is 5.62. The summed E-state index contributed by atoms with van der Waals surface area (Å²) in [6.45, 7) is -0.228. The van der Waals surface area contributed by atoms with Crippen molar-refractivity contribution in [2.75, 3.05) is 14.2 Å². The first kappa shape index (κ1) is 17.1. The van der Waals surface area contributed by atoms with Crippen molar-refractivity contribution in [2.24, 2.45) is 0 Å². The van der Waals surface area contributed by atoms with E-state index in [2.05, 4.69) is 0 Å². The lowest BCUT2D eigenvalue weighted by molar-refractivity contribution is -0.139. The van der Waals surface area contributed by atoms with Crippen LogP contribution in [0.25, 0.3) is 6.08 Å². The van der Waals surface area contributed by atoms with Gasteiger partial charge in [0.2, 0.25) is 5.43 Å². The zero-order valence-electron chi connectivity index (χ0n) is 13.1. The molecule has 1 heterocycles. The number of esters is 1. The monoisotopic (exact) mass is 332 g/mol. The third-order valence-electron chi connectivity index (χ3n) is 3.06. The second kappa shape index (κ2) is 7.87. The molecule has 7 heteroatoms. The average Bonchev–Trinajstić information content (AvgIpc) is 2.60. The first-order chi connectivity index (χ1) is 11.5. The molecule has 0 spiro atoms. The lowest BCUT2D eigenvalue weighted by Gasteiger charge is -2.07. The summed E-state index contributed by atoms with van der Waals surface area (Å²) in [6, 6.07) is 6.22. The van der Waals surface area contributed by atoms with Crippen LogP contribution in [0.2, 0.25) is 0 Å². The van der Waals surface area contributed by atoms with Crippen molar-refractivity contribution in [3.63, 3.8) is 0 Å². The highest BCUT2D eigenvalue weighted by Crippen LogP contribution is 2.25. The number of hydrogen-bond acceptors (Lipinski definition) is 7. The van der Waals surface area contributed by atoms with Crippen LogP contribution in [-0.4, -0.2) is 25.3 Å². The van der Waals surface area contributed by atoms with Crippen LogP contribution in [0.1, 0.15) is 11.3 Å². The van der Waals surface area contributed by atoms with Gasteiger partial charge in [0.25, 0.3) is 0 Å². The fourth-order valence-corrected chi connectivity index (χ4v) is 1.84. The van der Waals surface area contributed by atoms with E-state index in [9.17, 15) is 9.59 Å². The Hall–Kier alpha value is -3.22. The number of aromatic hydroxyl groups is 1. The van der Waals surface area contributed by atoms with Crippen LogP contribution in [0.4, 0.5) is 0 Å². The number of benzene rings is 1. The molecule has 0 fully saturated rings. The van der Waals surface area contributed by atoms with Gasteiger partial charge in [-0.25, -0.2) is 4.79 Å². The smallest absolute Gasteiger partial charge is 0.331 e. The van der Waals surface area contributed by atoms with E-state index >= 15 is 0 Å². The molecule has 2 aromatic rings. The topological polar surface area (TPSA) is 95.2 Å². The van der Waals surface area contributed by atoms with Crippen molar-refractivity contribution in [3.8, 4) is 17.2 Å². The van der Waals surface area contributed by atoms with Gasteiger partial charge in [0.05, 0.1) is 14.2 Å². The van der Waals surface area contributed by atoms with Crippen molar-refractivity contribution in [3.05, 3.63) is 58.2 Å². The molecule has 1 aromatic heterocycles. The first-order valence-electron chi connectivity index (χ1n) is 6.91. The third-order valence-corrected chi connectivity index (χ3v) is 3.06. The molecule has 7 nitrogen and oxygen atoms in total. The highest BCUT2D eigenvalue weighted by Gasteiger charge is 2.06. The molecule has 24 heavy (non-hydrogen) atoms. The molecule has 0 saturated heterocycles. The average molecular weight is 332 g/mol. The number of carbonyl (C=O) groups excluding carboxylic acids is 1. The van der Waals surface area contributed by atoms with Crippen LogP contribution >= 0.6 is 0 Å². The lowest BCUT2D eigenvalue weighted by Crippen LogP contribution is -2.04. The van der Waals surface area contributed by atoms with Crippen LogP contribution in [0.15, 0.2) is 45.8 Å². The van der Waals surface area contributed by atoms with Gasteiger partial charge in [-0.2, -0.15) is 0 Å². The van der Waals surface area contributed by atoms with Crippen molar-refractivity contribution >= 4 is 12.0 Å². The summed E-state index contributed by atoms with van der Waals surface area (Å²) in [6.07, 6.45) is 3.63. The van der Waals surface area contributed by atoms with E-state index in [1.54, 1.807) is 18.2 Å². The summed E-state index contributed by atoms with van der Waals surface area (Å²) < 4.78 is 20.2. The van der Waals surface area contributed by atoms with E-state index in [1.165, 1.54) is 26.4 Å². The molecule has 2 rings (SSSR count). The van der Waals surface area contributed by atoms with Gasteiger partial charge in [-0.1, -0.05) is 0 Å². The molecule has 1 aromatic carbocycles. The Bertz CT molecular complexity index is 805. The van der Waals surface area contributed by atoms with Gasteiger partial charge in [0.1, 0.15) is 30.1 Å². The summed E-state index contributed by atoms with van der Waals surface area (Å²) in [4.78, 5) is 23.0. The molecule has 0 aliphatic heterocycles. The molecule has 0 saturated carbocycles. The van der Waals surface area contributed by atoms with Gasteiger partial charge in [-0.05, 0) is 24.3 Å². The maximum Gasteiger partial charge on any atom is 0.331 e. The number of hydrogen-bond donors (Lipinski definition) is 1. The largest absolute Gasteiger partial charge is 0.502 e. The quantitative estimate of drug-likeness (QED) is 0.639. The van der Waals surface area contributed by atoms with Crippen LogP contribution in [0.3, 0.4) is 0 Å². The SMILES string of the molecule is COc1ccc(OC)c(/C=C/C(=O)OCc2cc(=O)c(O)co2)c1. The summed E-state index contributed by atoms with van der Waals surface area (Å²) in [5, 5.41) is 9.08. The van der Waals surface area contributed by atoms with Crippen LogP contribution in [0.5, 0.6) is 17.2 Å². The van der Waals surface area contributed by atoms with E-state index in [0.717, 1.165) is 12.3 Å². The number of rotatable bonds is 6. The second-order valence-corrected chi connectivity index (χ2v) is 4.64. The molecular formula is C17H16O7. The molecular weight excluding hydrogens is 316 g/mol. The molecule has 0 amide bonds. The van der Waals surface area contributed by atoms with Crippen molar-refractivity contribution < 1.29 is 28.5 Å². The summed E-state index contributed by atoms with van der Waals surface area (Å²) in [7, 11) is 3.05. The van der Waals surface area contributed by atoms with Gasteiger partial charge < -0.3 is 23.7 Å². The first-order valence-corrected chi connectivity index (χ1v) is 6.91. The molecule has 0 unspecified atom stereocenters. The van der Waals surface area contributed by atoms with Crippen molar-refractivity contribution in [2.45, 2.75) is 6.61 Å². The maximum absolute atomic E-state index is 11.7. The molecule has 0 aliphatic carbocycles. The van der Waals surface area contributed by atoms with Crippen LogP contribution in [-0.2, 0) is 16.1 Å². The van der Waals surface area contributed by atoms with E-state index in [1.807, 2.05) is 0 Å². The summed E-state index contributed by atoms with van der Waals surface area (Å²) >= 11 is 0. The zero-order chi connectivity index (χ0) is 17.5. The minimum atomic E-state index is -0.629. The maximum atomic E-state index is 11.7. The van der Waals surface area contributed by atoms with E-state index in [4.69, 9.17) is 23.7 Å². The molecule has 0 atom stereocenters. The standard InChI is InChI=1S/C17H16O7/c1-21-12-4-5-16(22-2)11(7-12)3-6-17(20)24-9-13-8-14(18)15(19)10-23-13/h3-8,10,19H,9H2,1-2H3/b6-3+. The minimum absolute atomic E-state index is 0.124. The molecule has 0 aliphatic rings. The fourth-order valence-electron chi connectivity index (χ4n) is 1.84. The Balaban J connectivity index is 2.02. The van der Waals surface area contributed by atoms with Gasteiger partial charge in [-0.3, -0.25) is 4.79 Å². The van der Waals surface area contributed by atoms with Crippen molar-refractivity contribution in [1.29, 1.82) is 0 Å². The summed E-state index contributed by atoms with van der Waals surface area (Å²) in [5.74, 6) is 0.184. The van der Waals surface area contributed by atoms with Crippen molar-refractivity contribution in [1.82, 2.24) is 0 Å². The van der Waals surface area contributed by atoms with E-state index in [-0.39, 0.29) is 12.4 Å². The predicted octanol–water partition coefficient (Wildman–Crippen LogP) is 2.12. The van der Waals surface area contributed by atoms with Crippen LogP contribution in [0, 0.1) is 0 Å². The fraction of sp³-hybridized carbons (Fsp3) is 0.176. The van der Waals surface area contributed by atoms with E-state index in [0.29, 0.717) is 17.1 Å². The van der Waals surface area contributed by atoms with Gasteiger partial charge >= 0.3 is 5.97 Å². The Morgan fingerprint density at radius 3 is 2.71 bits per heavy atom. The number of carbonyl (C=O) groups is 1. The zero-order valence-corrected chi connectivity index (χ0v) is 13.1. The van der Waals surface area contributed by atoms with E-state index < -0.39 is 17.1 Å².